The summed E-state index contributed by atoms with van der Waals surface area (Å²) in [5, 5.41) is 10.2. The number of halogens is 1. The van der Waals surface area contributed by atoms with Crippen LogP contribution >= 0.6 is 0 Å². The number of benzene rings is 2. The maximum Gasteiger partial charge on any atom is 0.123 e. The lowest BCUT2D eigenvalue weighted by Gasteiger charge is -2.13. The summed E-state index contributed by atoms with van der Waals surface area (Å²) in [7, 11) is 0. The van der Waals surface area contributed by atoms with Crippen LogP contribution in [-0.2, 0) is 6.42 Å². The van der Waals surface area contributed by atoms with Crippen molar-refractivity contribution >= 4 is 0 Å². The maximum atomic E-state index is 12.8. The van der Waals surface area contributed by atoms with E-state index >= 15 is 0 Å². The molecule has 2 heteroatoms. The van der Waals surface area contributed by atoms with E-state index in [0.717, 1.165) is 22.3 Å². The molecule has 0 fully saturated rings. The number of aliphatic hydroxyl groups is 1. The Kier molecular flexibility index (Phi) is 3.78. The third-order valence-corrected chi connectivity index (χ3v) is 2.97. The number of rotatable bonds is 3. The minimum absolute atomic E-state index is 0.250. The van der Waals surface area contributed by atoms with Crippen LogP contribution in [-0.4, -0.2) is 5.11 Å². The topological polar surface area (TPSA) is 20.2 Å². The molecule has 0 aromatic heterocycles. The Balaban J connectivity index is 2.16. The van der Waals surface area contributed by atoms with E-state index in [-0.39, 0.29) is 5.82 Å². The van der Waals surface area contributed by atoms with Crippen LogP contribution in [0.1, 0.15) is 28.4 Å². The Morgan fingerprint density at radius 2 is 1.56 bits per heavy atom. The molecule has 94 valence electrons. The molecule has 0 amide bonds. The zero-order valence-corrected chi connectivity index (χ0v) is 10.7. The van der Waals surface area contributed by atoms with Gasteiger partial charge in [-0.3, -0.25) is 0 Å². The molecule has 2 rings (SSSR count). The summed E-state index contributed by atoms with van der Waals surface area (Å²) in [5.41, 5.74) is 4.13. The van der Waals surface area contributed by atoms with Gasteiger partial charge in [-0.05, 0) is 37.1 Å². The third-order valence-electron chi connectivity index (χ3n) is 2.97. The highest BCUT2D eigenvalue weighted by Crippen LogP contribution is 2.21. The van der Waals surface area contributed by atoms with Gasteiger partial charge in [0.1, 0.15) is 5.82 Å². The fourth-order valence-electron chi connectivity index (χ4n) is 2.16. The fraction of sp³-hybridized carbons (Fsp3) is 0.250. The van der Waals surface area contributed by atoms with Crippen LogP contribution in [0.4, 0.5) is 4.39 Å². The van der Waals surface area contributed by atoms with E-state index < -0.39 is 6.10 Å². The molecular formula is C16H17FO. The number of aliphatic hydroxyl groups excluding tert-OH is 1. The number of hydrogen-bond donors (Lipinski definition) is 1. The fourth-order valence-corrected chi connectivity index (χ4v) is 2.16. The highest BCUT2D eigenvalue weighted by molar-refractivity contribution is 5.31. The molecule has 0 aliphatic rings. The van der Waals surface area contributed by atoms with Gasteiger partial charge in [0.05, 0.1) is 6.10 Å². The molecule has 1 atom stereocenters. The Morgan fingerprint density at radius 3 is 2.11 bits per heavy atom. The van der Waals surface area contributed by atoms with Crippen molar-refractivity contribution < 1.29 is 9.50 Å². The van der Waals surface area contributed by atoms with Crippen molar-refractivity contribution in [2.45, 2.75) is 26.4 Å². The van der Waals surface area contributed by atoms with Gasteiger partial charge in [0.25, 0.3) is 0 Å². The minimum atomic E-state index is -0.547. The molecule has 2 aromatic rings. The maximum absolute atomic E-state index is 12.8. The van der Waals surface area contributed by atoms with Crippen molar-refractivity contribution in [2.75, 3.05) is 0 Å². The van der Waals surface area contributed by atoms with Crippen LogP contribution in [0.3, 0.4) is 0 Å². The van der Waals surface area contributed by atoms with Gasteiger partial charge in [-0.2, -0.15) is 0 Å². The minimum Gasteiger partial charge on any atom is -0.388 e. The van der Waals surface area contributed by atoms with E-state index in [2.05, 4.69) is 6.07 Å². The molecule has 2 aromatic carbocycles. The quantitative estimate of drug-likeness (QED) is 0.872. The molecule has 0 radical (unpaired) electrons. The van der Waals surface area contributed by atoms with E-state index in [0.29, 0.717) is 6.42 Å². The number of aryl methyl sites for hydroxylation is 2. The smallest absolute Gasteiger partial charge is 0.123 e. The second-order valence-corrected chi connectivity index (χ2v) is 4.77. The summed E-state index contributed by atoms with van der Waals surface area (Å²) in [4.78, 5) is 0. The Labute approximate surface area is 107 Å². The van der Waals surface area contributed by atoms with Gasteiger partial charge in [0.15, 0.2) is 0 Å². The molecule has 0 saturated carbocycles. The molecule has 0 saturated heterocycles. The molecule has 0 aliphatic heterocycles. The standard InChI is InChI=1S/C16H17FO/c1-11-7-12(2)9-14(8-11)16(18)10-13-3-5-15(17)6-4-13/h3-9,16,18H,10H2,1-2H3. The first-order chi connectivity index (χ1) is 8.54. The second-order valence-electron chi connectivity index (χ2n) is 4.77. The summed E-state index contributed by atoms with van der Waals surface area (Å²) in [6, 6.07) is 12.3. The molecule has 0 aliphatic carbocycles. The SMILES string of the molecule is Cc1cc(C)cc(C(O)Cc2ccc(F)cc2)c1. The lowest BCUT2D eigenvalue weighted by molar-refractivity contribution is 0.178. The van der Waals surface area contributed by atoms with Gasteiger partial charge in [-0.25, -0.2) is 4.39 Å². The highest BCUT2D eigenvalue weighted by atomic mass is 19.1. The molecule has 1 unspecified atom stereocenters. The second kappa shape index (κ2) is 5.32. The first kappa shape index (κ1) is 12.8. The van der Waals surface area contributed by atoms with E-state index in [4.69, 9.17) is 0 Å². The summed E-state index contributed by atoms with van der Waals surface area (Å²) in [6.07, 6.45) is -0.0440. The predicted molar refractivity (Wildman–Crippen MR) is 71.0 cm³/mol. The molecule has 1 nitrogen and oxygen atoms in total. The van der Waals surface area contributed by atoms with Crippen molar-refractivity contribution in [3.05, 3.63) is 70.5 Å². The Bertz CT molecular complexity index is 511. The average Bonchev–Trinajstić information content (AvgIpc) is 2.31. The Morgan fingerprint density at radius 1 is 1.00 bits per heavy atom. The highest BCUT2D eigenvalue weighted by Gasteiger charge is 2.09. The van der Waals surface area contributed by atoms with Gasteiger partial charge >= 0.3 is 0 Å². The molecule has 0 spiro atoms. The normalized spacial score (nSPS) is 12.4. The first-order valence-electron chi connectivity index (χ1n) is 6.05. The van der Waals surface area contributed by atoms with E-state index in [9.17, 15) is 9.50 Å². The molecule has 18 heavy (non-hydrogen) atoms. The lowest BCUT2D eigenvalue weighted by atomic mass is 9.98. The number of hydrogen-bond acceptors (Lipinski definition) is 1. The first-order valence-corrected chi connectivity index (χ1v) is 6.05. The van der Waals surface area contributed by atoms with Crippen molar-refractivity contribution in [3.8, 4) is 0 Å². The molecule has 0 bridgehead atoms. The third kappa shape index (κ3) is 3.17. The summed E-state index contributed by atoms with van der Waals surface area (Å²) in [5.74, 6) is -0.250. The van der Waals surface area contributed by atoms with Crippen molar-refractivity contribution in [3.63, 3.8) is 0 Å². The van der Waals surface area contributed by atoms with Crippen LogP contribution in [0, 0.1) is 19.7 Å². The van der Waals surface area contributed by atoms with E-state index in [1.807, 2.05) is 26.0 Å². The van der Waals surface area contributed by atoms with E-state index in [1.54, 1.807) is 12.1 Å². The largest absolute Gasteiger partial charge is 0.388 e. The van der Waals surface area contributed by atoms with Gasteiger partial charge in [-0.1, -0.05) is 41.5 Å². The van der Waals surface area contributed by atoms with Crippen LogP contribution in [0.15, 0.2) is 42.5 Å². The van der Waals surface area contributed by atoms with Crippen molar-refractivity contribution in [1.82, 2.24) is 0 Å². The zero-order valence-electron chi connectivity index (χ0n) is 10.7. The van der Waals surface area contributed by atoms with Gasteiger partial charge in [0.2, 0.25) is 0 Å². The summed E-state index contributed by atoms with van der Waals surface area (Å²) < 4.78 is 12.8. The Hall–Kier alpha value is -1.67. The molecule has 0 heterocycles. The molecular weight excluding hydrogens is 227 g/mol. The van der Waals surface area contributed by atoms with Crippen molar-refractivity contribution in [2.24, 2.45) is 0 Å². The lowest BCUT2D eigenvalue weighted by Crippen LogP contribution is -2.02. The van der Waals surface area contributed by atoms with Crippen LogP contribution in [0.5, 0.6) is 0 Å². The van der Waals surface area contributed by atoms with Gasteiger partial charge < -0.3 is 5.11 Å². The van der Waals surface area contributed by atoms with E-state index in [1.165, 1.54) is 12.1 Å². The molecule has 1 N–H and O–H groups in total. The van der Waals surface area contributed by atoms with Gasteiger partial charge in [0, 0.05) is 6.42 Å². The zero-order chi connectivity index (χ0) is 13.1. The predicted octanol–water partition coefficient (Wildman–Crippen LogP) is 3.72. The monoisotopic (exact) mass is 244 g/mol. The summed E-state index contributed by atoms with van der Waals surface area (Å²) >= 11 is 0. The van der Waals surface area contributed by atoms with Crippen LogP contribution in [0.2, 0.25) is 0 Å². The van der Waals surface area contributed by atoms with Gasteiger partial charge in [-0.15, -0.1) is 0 Å². The van der Waals surface area contributed by atoms with Crippen LogP contribution in [0.25, 0.3) is 0 Å². The van der Waals surface area contributed by atoms with Crippen LogP contribution < -0.4 is 0 Å². The average molecular weight is 244 g/mol. The van der Waals surface area contributed by atoms with Crippen molar-refractivity contribution in [1.29, 1.82) is 0 Å². The summed E-state index contributed by atoms with van der Waals surface area (Å²) in [6.45, 7) is 4.03.